The third kappa shape index (κ3) is 2.87. The summed E-state index contributed by atoms with van der Waals surface area (Å²) in [6.07, 6.45) is 4.07. The van der Waals surface area contributed by atoms with E-state index in [-0.39, 0.29) is 5.91 Å². The molecule has 0 saturated heterocycles. The topological polar surface area (TPSA) is 68.0 Å². The summed E-state index contributed by atoms with van der Waals surface area (Å²) in [5.74, 6) is -0.165. The Kier molecular flexibility index (Phi) is 3.94. The Hall–Kier alpha value is -1.88. The van der Waals surface area contributed by atoms with Crippen molar-refractivity contribution in [2.75, 3.05) is 5.73 Å². The number of nitrogens with two attached hydrogens (primary N) is 1. The van der Waals surface area contributed by atoms with Gasteiger partial charge < -0.3 is 11.1 Å². The lowest BCUT2D eigenvalue weighted by Crippen LogP contribution is -2.23. The van der Waals surface area contributed by atoms with Crippen molar-refractivity contribution in [3.05, 3.63) is 45.9 Å². The van der Waals surface area contributed by atoms with Crippen LogP contribution in [0.15, 0.2) is 30.6 Å². The molecule has 3 N–H and O–H groups in total. The molecular weight excluding hydrogens is 246 g/mol. The van der Waals surface area contributed by atoms with Crippen LogP contribution in [0.25, 0.3) is 0 Å². The number of hydrogen-bond donors (Lipinski definition) is 2. The van der Waals surface area contributed by atoms with Crippen LogP contribution < -0.4 is 11.1 Å². The molecule has 0 aliphatic carbocycles. The number of nitrogen functional groups attached to an aromatic ring is 1. The van der Waals surface area contributed by atoms with E-state index in [4.69, 9.17) is 5.73 Å². The van der Waals surface area contributed by atoms with Crippen LogP contribution in [-0.2, 0) is 13.0 Å². The van der Waals surface area contributed by atoms with Crippen LogP contribution >= 0.6 is 11.3 Å². The molecule has 4 nitrogen and oxygen atoms in total. The molecule has 0 aliphatic rings. The fraction of sp³-hybridized carbons (Fsp3) is 0.231. The zero-order chi connectivity index (χ0) is 13.0. The number of anilines is 1. The molecule has 1 amide bonds. The van der Waals surface area contributed by atoms with Gasteiger partial charge in [-0.2, -0.15) is 0 Å². The van der Waals surface area contributed by atoms with Crippen LogP contribution in [-0.4, -0.2) is 10.9 Å². The second-order valence-corrected chi connectivity index (χ2v) is 5.12. The largest absolute Gasteiger partial charge is 0.397 e. The van der Waals surface area contributed by atoms with Gasteiger partial charge in [-0.1, -0.05) is 6.92 Å². The Balaban J connectivity index is 1.98. The Morgan fingerprint density at radius 2 is 2.17 bits per heavy atom. The van der Waals surface area contributed by atoms with E-state index in [1.807, 2.05) is 6.07 Å². The minimum atomic E-state index is -0.165. The molecule has 2 aromatic heterocycles. The Morgan fingerprint density at radius 1 is 1.39 bits per heavy atom. The van der Waals surface area contributed by atoms with E-state index < -0.39 is 0 Å². The summed E-state index contributed by atoms with van der Waals surface area (Å²) in [5.41, 5.74) is 6.56. The molecule has 0 spiro atoms. The second-order valence-electron chi connectivity index (χ2n) is 3.87. The maximum Gasteiger partial charge on any atom is 0.253 e. The van der Waals surface area contributed by atoms with Crippen molar-refractivity contribution in [3.8, 4) is 0 Å². The molecular formula is C13H15N3OS. The minimum Gasteiger partial charge on any atom is -0.397 e. The first-order valence-electron chi connectivity index (χ1n) is 5.76. The number of carbonyl (C=O) groups is 1. The molecule has 0 aliphatic heterocycles. The first kappa shape index (κ1) is 12.6. The number of carbonyl (C=O) groups excluding carboxylic acids is 1. The monoisotopic (exact) mass is 261 g/mol. The average molecular weight is 261 g/mol. The van der Waals surface area contributed by atoms with E-state index in [0.717, 1.165) is 11.3 Å². The second kappa shape index (κ2) is 5.64. The molecule has 2 aromatic rings. The van der Waals surface area contributed by atoms with Gasteiger partial charge in [0, 0.05) is 16.0 Å². The molecule has 2 heterocycles. The molecule has 0 radical (unpaired) electrons. The third-order valence-electron chi connectivity index (χ3n) is 2.59. The highest BCUT2D eigenvalue weighted by atomic mass is 32.1. The molecule has 5 heteroatoms. The SMILES string of the molecule is CCc1ccc(CNC(=O)c2ccncc2N)s1. The number of nitrogens with zero attached hydrogens (tertiary/aromatic N) is 1. The number of aromatic nitrogens is 1. The van der Waals surface area contributed by atoms with Crippen LogP contribution in [0.4, 0.5) is 5.69 Å². The Bertz CT molecular complexity index is 551. The summed E-state index contributed by atoms with van der Waals surface area (Å²) in [6.45, 7) is 2.65. The molecule has 0 bridgehead atoms. The van der Waals surface area contributed by atoms with Crippen molar-refractivity contribution in [1.82, 2.24) is 10.3 Å². The van der Waals surface area contributed by atoms with Crippen molar-refractivity contribution in [1.29, 1.82) is 0 Å². The van der Waals surface area contributed by atoms with Gasteiger partial charge in [0.1, 0.15) is 0 Å². The van der Waals surface area contributed by atoms with Gasteiger partial charge in [0.2, 0.25) is 0 Å². The quantitative estimate of drug-likeness (QED) is 0.886. The zero-order valence-corrected chi connectivity index (χ0v) is 11.0. The molecule has 0 fully saturated rings. The molecule has 18 heavy (non-hydrogen) atoms. The highest BCUT2D eigenvalue weighted by Gasteiger charge is 2.09. The van der Waals surface area contributed by atoms with Gasteiger partial charge in [-0.25, -0.2) is 0 Å². The summed E-state index contributed by atoms with van der Waals surface area (Å²) in [5, 5.41) is 2.86. The molecule has 2 rings (SSSR count). The fourth-order valence-corrected chi connectivity index (χ4v) is 2.48. The van der Waals surface area contributed by atoms with E-state index in [1.165, 1.54) is 11.1 Å². The third-order valence-corrected chi connectivity index (χ3v) is 3.82. The van der Waals surface area contributed by atoms with Gasteiger partial charge >= 0.3 is 0 Å². The van der Waals surface area contributed by atoms with Gasteiger partial charge in [-0.15, -0.1) is 11.3 Å². The lowest BCUT2D eigenvalue weighted by atomic mass is 10.2. The van der Waals surface area contributed by atoms with Crippen molar-refractivity contribution in [2.45, 2.75) is 19.9 Å². The maximum atomic E-state index is 11.9. The zero-order valence-electron chi connectivity index (χ0n) is 10.1. The highest BCUT2D eigenvalue weighted by molar-refractivity contribution is 7.11. The van der Waals surface area contributed by atoms with Crippen molar-refractivity contribution >= 4 is 22.9 Å². The van der Waals surface area contributed by atoms with Gasteiger partial charge in [0.25, 0.3) is 5.91 Å². The number of nitrogens with one attached hydrogen (secondary N) is 1. The van der Waals surface area contributed by atoms with Crippen LogP contribution in [0.2, 0.25) is 0 Å². The van der Waals surface area contributed by atoms with Gasteiger partial charge in [-0.3, -0.25) is 9.78 Å². The number of amides is 1. The van der Waals surface area contributed by atoms with Crippen LogP contribution in [0.3, 0.4) is 0 Å². The van der Waals surface area contributed by atoms with Crippen LogP contribution in [0, 0.1) is 0 Å². The molecule has 0 aromatic carbocycles. The van der Waals surface area contributed by atoms with Crippen molar-refractivity contribution in [3.63, 3.8) is 0 Å². The van der Waals surface area contributed by atoms with E-state index in [1.54, 1.807) is 23.6 Å². The smallest absolute Gasteiger partial charge is 0.253 e. The molecule has 0 atom stereocenters. The Labute approximate surface area is 110 Å². The number of aryl methyl sites for hydroxylation is 1. The fourth-order valence-electron chi connectivity index (χ4n) is 1.58. The van der Waals surface area contributed by atoms with E-state index in [9.17, 15) is 4.79 Å². The maximum absolute atomic E-state index is 11.9. The molecule has 0 unspecified atom stereocenters. The van der Waals surface area contributed by atoms with Gasteiger partial charge in [0.05, 0.1) is 24.0 Å². The minimum absolute atomic E-state index is 0.165. The number of pyridine rings is 1. The normalized spacial score (nSPS) is 10.3. The number of thiophene rings is 1. The number of hydrogen-bond acceptors (Lipinski definition) is 4. The van der Waals surface area contributed by atoms with E-state index in [0.29, 0.717) is 17.8 Å². The lowest BCUT2D eigenvalue weighted by Gasteiger charge is -2.05. The summed E-state index contributed by atoms with van der Waals surface area (Å²) >= 11 is 1.72. The summed E-state index contributed by atoms with van der Waals surface area (Å²) in [6, 6.07) is 5.75. The molecule has 94 valence electrons. The summed E-state index contributed by atoms with van der Waals surface area (Å²) in [7, 11) is 0. The molecule has 0 saturated carbocycles. The standard InChI is InChI=1S/C13H15N3OS/c1-2-9-3-4-10(18-9)7-16-13(17)11-5-6-15-8-12(11)14/h3-6,8H,2,7,14H2,1H3,(H,16,17). The predicted molar refractivity (Wildman–Crippen MR) is 73.5 cm³/mol. The first-order chi connectivity index (χ1) is 8.70. The lowest BCUT2D eigenvalue weighted by molar-refractivity contribution is 0.0952. The summed E-state index contributed by atoms with van der Waals surface area (Å²) in [4.78, 5) is 18.2. The van der Waals surface area contributed by atoms with Crippen LogP contribution in [0.5, 0.6) is 0 Å². The van der Waals surface area contributed by atoms with Crippen molar-refractivity contribution < 1.29 is 4.79 Å². The van der Waals surface area contributed by atoms with Gasteiger partial charge in [-0.05, 0) is 24.6 Å². The van der Waals surface area contributed by atoms with Gasteiger partial charge in [0.15, 0.2) is 0 Å². The number of rotatable bonds is 4. The van der Waals surface area contributed by atoms with Crippen LogP contribution in [0.1, 0.15) is 27.0 Å². The first-order valence-corrected chi connectivity index (χ1v) is 6.57. The van der Waals surface area contributed by atoms with Crippen molar-refractivity contribution in [2.24, 2.45) is 0 Å². The predicted octanol–water partition coefficient (Wildman–Crippen LogP) is 2.22. The van der Waals surface area contributed by atoms with E-state index in [2.05, 4.69) is 23.3 Å². The Morgan fingerprint density at radius 3 is 2.83 bits per heavy atom. The summed E-state index contributed by atoms with van der Waals surface area (Å²) < 4.78 is 0. The highest BCUT2D eigenvalue weighted by Crippen LogP contribution is 2.17. The average Bonchev–Trinajstić information content (AvgIpc) is 2.84. The van der Waals surface area contributed by atoms with E-state index >= 15 is 0 Å².